The van der Waals surface area contributed by atoms with Gasteiger partial charge in [0.25, 0.3) is 0 Å². The van der Waals surface area contributed by atoms with Gasteiger partial charge in [-0.25, -0.2) is 13.1 Å². The molecule has 2 heterocycles. The van der Waals surface area contributed by atoms with Crippen LogP contribution in [0, 0.1) is 0 Å². The summed E-state index contributed by atoms with van der Waals surface area (Å²) in [6.45, 7) is -0.163. The van der Waals surface area contributed by atoms with E-state index in [0.29, 0.717) is 17.6 Å². The minimum Gasteiger partial charge on any atom is -0.459 e. The van der Waals surface area contributed by atoms with Gasteiger partial charge in [-0.1, -0.05) is 12.1 Å². The van der Waals surface area contributed by atoms with E-state index in [9.17, 15) is 21.6 Å². The second-order valence-electron chi connectivity index (χ2n) is 5.09. The topological polar surface area (TPSA) is 59.3 Å². The summed E-state index contributed by atoms with van der Waals surface area (Å²) in [4.78, 5) is 0.444. The molecule has 0 saturated carbocycles. The number of sulfonamides is 1. The normalized spacial score (nSPS) is 12.4. The Hall–Kier alpha value is -2.10. The molecule has 25 heavy (non-hydrogen) atoms. The fourth-order valence-corrected chi connectivity index (χ4v) is 3.84. The summed E-state index contributed by atoms with van der Waals surface area (Å²) in [5, 5.41) is 1.88. The minimum atomic E-state index is -4.61. The number of nitrogens with one attached hydrogen (secondary N) is 1. The molecule has 4 nitrogen and oxygen atoms in total. The van der Waals surface area contributed by atoms with Crippen molar-refractivity contribution in [2.75, 3.05) is 0 Å². The van der Waals surface area contributed by atoms with Gasteiger partial charge in [0.15, 0.2) is 0 Å². The van der Waals surface area contributed by atoms with Crippen LogP contribution in [0.15, 0.2) is 63.2 Å². The number of rotatable bonds is 5. The molecule has 0 spiro atoms. The van der Waals surface area contributed by atoms with Gasteiger partial charge in [-0.05, 0) is 41.8 Å². The molecular formula is C16H12F3NO3S2. The fraction of sp³-hybridized carbons (Fsp3) is 0.125. The molecule has 1 N–H and O–H groups in total. The molecule has 0 aliphatic carbocycles. The van der Waals surface area contributed by atoms with E-state index in [2.05, 4.69) is 4.72 Å². The molecule has 0 bridgehead atoms. The summed E-state index contributed by atoms with van der Waals surface area (Å²) in [6.07, 6.45) is -4.61. The van der Waals surface area contributed by atoms with E-state index < -0.39 is 26.7 Å². The molecule has 3 rings (SSSR count). The Balaban J connectivity index is 1.74. The lowest BCUT2D eigenvalue weighted by atomic mass is 10.2. The van der Waals surface area contributed by atoms with Gasteiger partial charge in [-0.3, -0.25) is 0 Å². The van der Waals surface area contributed by atoms with E-state index in [1.807, 2.05) is 17.5 Å². The number of hydrogen-bond acceptors (Lipinski definition) is 4. The van der Waals surface area contributed by atoms with E-state index in [0.717, 1.165) is 23.1 Å². The third-order valence-electron chi connectivity index (χ3n) is 3.33. The molecule has 0 amide bonds. The molecule has 0 radical (unpaired) electrons. The minimum absolute atomic E-state index is 0.163. The second kappa shape index (κ2) is 6.66. The highest BCUT2D eigenvalue weighted by molar-refractivity contribution is 7.89. The van der Waals surface area contributed by atoms with Crippen molar-refractivity contribution in [2.24, 2.45) is 0 Å². The summed E-state index contributed by atoms with van der Waals surface area (Å²) < 4.78 is 70.3. The van der Waals surface area contributed by atoms with Gasteiger partial charge >= 0.3 is 6.18 Å². The highest BCUT2D eigenvalue weighted by Crippen LogP contribution is 2.30. The number of hydrogen-bond donors (Lipinski definition) is 1. The molecule has 0 fully saturated rings. The van der Waals surface area contributed by atoms with Crippen molar-refractivity contribution in [3.05, 3.63) is 65.2 Å². The molecular weight excluding hydrogens is 375 g/mol. The first-order chi connectivity index (χ1) is 11.8. The molecule has 0 aliphatic rings. The number of furan rings is 1. The predicted molar refractivity (Wildman–Crippen MR) is 87.5 cm³/mol. The molecule has 2 aromatic heterocycles. The van der Waals surface area contributed by atoms with Gasteiger partial charge in [-0.2, -0.15) is 13.2 Å². The monoisotopic (exact) mass is 387 g/mol. The van der Waals surface area contributed by atoms with Gasteiger partial charge in [0.1, 0.15) is 11.5 Å². The van der Waals surface area contributed by atoms with Crippen molar-refractivity contribution < 1.29 is 26.0 Å². The maximum absolute atomic E-state index is 12.7. The zero-order valence-electron chi connectivity index (χ0n) is 12.6. The highest BCUT2D eigenvalue weighted by Gasteiger charge is 2.31. The molecule has 1 aromatic carbocycles. The second-order valence-corrected chi connectivity index (χ2v) is 7.81. The number of alkyl halides is 3. The molecule has 0 aliphatic heterocycles. The SMILES string of the molecule is O=S(=O)(NCc1ccc(-c2cccs2)o1)c1cccc(C(F)(F)F)c1. The standard InChI is InChI=1S/C16H12F3NO3S2/c17-16(18,19)11-3-1-4-13(9-11)25(21,22)20-10-12-6-7-14(23-12)15-5-2-8-24-15/h1-9,20H,10H2. The Morgan fingerprint density at radius 3 is 2.56 bits per heavy atom. The highest BCUT2D eigenvalue weighted by atomic mass is 32.2. The largest absolute Gasteiger partial charge is 0.459 e. The van der Waals surface area contributed by atoms with Gasteiger partial charge < -0.3 is 4.42 Å². The average Bonchev–Trinajstić information content (AvgIpc) is 3.23. The predicted octanol–water partition coefficient (Wildman–Crippen LogP) is 4.51. The number of thiophene rings is 1. The molecule has 0 saturated heterocycles. The summed E-state index contributed by atoms with van der Waals surface area (Å²) in [5.41, 5.74) is -1.02. The van der Waals surface area contributed by atoms with Crippen LogP contribution in [0.3, 0.4) is 0 Å². The zero-order valence-corrected chi connectivity index (χ0v) is 14.2. The van der Waals surface area contributed by atoms with Crippen LogP contribution in [-0.4, -0.2) is 8.42 Å². The molecule has 132 valence electrons. The lowest BCUT2D eigenvalue weighted by molar-refractivity contribution is -0.137. The van der Waals surface area contributed by atoms with Crippen molar-refractivity contribution in [3.63, 3.8) is 0 Å². The summed E-state index contributed by atoms with van der Waals surface area (Å²) in [7, 11) is -4.09. The molecule has 9 heteroatoms. The lowest BCUT2D eigenvalue weighted by Crippen LogP contribution is -2.23. The summed E-state index contributed by atoms with van der Waals surface area (Å²) >= 11 is 1.47. The first kappa shape index (κ1) is 17.7. The maximum atomic E-state index is 12.7. The first-order valence-corrected chi connectivity index (χ1v) is 9.41. The van der Waals surface area contributed by atoms with Crippen LogP contribution in [0.4, 0.5) is 13.2 Å². The Bertz CT molecular complexity index is 961. The Labute approximate surface area is 146 Å². The molecule has 3 aromatic rings. The van der Waals surface area contributed by atoms with Crippen molar-refractivity contribution in [1.82, 2.24) is 4.72 Å². The van der Waals surface area contributed by atoms with Crippen LogP contribution in [0.25, 0.3) is 10.6 Å². The third-order valence-corrected chi connectivity index (χ3v) is 5.62. The zero-order chi connectivity index (χ0) is 18.1. The van der Waals surface area contributed by atoms with Crippen molar-refractivity contribution in [1.29, 1.82) is 0 Å². The van der Waals surface area contributed by atoms with E-state index in [1.54, 1.807) is 12.1 Å². The van der Waals surface area contributed by atoms with Gasteiger partial charge in [0, 0.05) is 0 Å². The fourth-order valence-electron chi connectivity index (χ4n) is 2.11. The number of benzene rings is 1. The maximum Gasteiger partial charge on any atom is 0.416 e. The smallest absolute Gasteiger partial charge is 0.416 e. The number of halogens is 3. The van der Waals surface area contributed by atoms with Crippen LogP contribution in [0.2, 0.25) is 0 Å². The third kappa shape index (κ3) is 4.12. The summed E-state index contributed by atoms with van der Waals surface area (Å²) in [6, 6.07) is 10.6. The van der Waals surface area contributed by atoms with Crippen LogP contribution in [-0.2, 0) is 22.7 Å². The van der Waals surface area contributed by atoms with Crippen LogP contribution in [0.1, 0.15) is 11.3 Å². The van der Waals surface area contributed by atoms with E-state index >= 15 is 0 Å². The quantitative estimate of drug-likeness (QED) is 0.701. The average molecular weight is 387 g/mol. The van der Waals surface area contributed by atoms with E-state index in [-0.39, 0.29) is 6.54 Å². The Morgan fingerprint density at radius 2 is 1.88 bits per heavy atom. The Kier molecular flexibility index (Phi) is 4.72. The molecule has 0 atom stereocenters. The van der Waals surface area contributed by atoms with Crippen molar-refractivity contribution in [2.45, 2.75) is 17.6 Å². The molecule has 0 unspecified atom stereocenters. The van der Waals surface area contributed by atoms with Gasteiger partial charge in [0.2, 0.25) is 10.0 Å². The van der Waals surface area contributed by atoms with Gasteiger partial charge in [0.05, 0.1) is 21.9 Å². The van der Waals surface area contributed by atoms with Crippen molar-refractivity contribution in [3.8, 4) is 10.6 Å². The van der Waals surface area contributed by atoms with E-state index in [4.69, 9.17) is 4.42 Å². The van der Waals surface area contributed by atoms with Gasteiger partial charge in [-0.15, -0.1) is 11.3 Å². The van der Waals surface area contributed by atoms with E-state index in [1.165, 1.54) is 11.3 Å². The van der Waals surface area contributed by atoms with Crippen molar-refractivity contribution >= 4 is 21.4 Å². The lowest BCUT2D eigenvalue weighted by Gasteiger charge is -2.09. The first-order valence-electron chi connectivity index (χ1n) is 7.05. The summed E-state index contributed by atoms with van der Waals surface area (Å²) in [5.74, 6) is 0.960. The van der Waals surface area contributed by atoms with Crippen LogP contribution >= 0.6 is 11.3 Å². The van der Waals surface area contributed by atoms with Crippen LogP contribution in [0.5, 0.6) is 0 Å². The Morgan fingerprint density at radius 1 is 1.08 bits per heavy atom. The van der Waals surface area contributed by atoms with Crippen LogP contribution < -0.4 is 4.72 Å².